The van der Waals surface area contributed by atoms with E-state index in [1.807, 2.05) is 0 Å². The second kappa shape index (κ2) is 3.65. The third-order valence-corrected chi connectivity index (χ3v) is 1.49. The number of phenols is 1. The first kappa shape index (κ1) is 9.85. The quantitative estimate of drug-likeness (QED) is 0.390. The summed E-state index contributed by atoms with van der Waals surface area (Å²) in [4.78, 5) is 14.1. The predicted octanol–water partition coefficient (Wildman–Crippen LogP) is -0.00470. The maximum absolute atomic E-state index is 10.6. The highest BCUT2D eigenvalue weighted by molar-refractivity contribution is 5.93. The second-order valence-electron chi connectivity index (χ2n) is 2.52. The van der Waals surface area contributed by atoms with Crippen molar-refractivity contribution in [1.29, 1.82) is 0 Å². The molecule has 14 heavy (non-hydrogen) atoms. The summed E-state index contributed by atoms with van der Waals surface area (Å²) in [6.45, 7) is 0. The van der Waals surface area contributed by atoms with E-state index in [-0.39, 0.29) is 17.2 Å². The molecule has 0 aliphatic rings. The highest BCUT2D eigenvalue weighted by atomic mass is 16.4. The first-order valence-corrected chi connectivity index (χ1v) is 3.67. The van der Waals surface area contributed by atoms with Crippen LogP contribution in [0.5, 0.6) is 5.75 Å². The van der Waals surface area contributed by atoms with Crippen molar-refractivity contribution in [2.24, 2.45) is 16.5 Å². The Labute approximate surface area is 79.5 Å². The van der Waals surface area contributed by atoms with Gasteiger partial charge in [-0.2, -0.15) is 0 Å². The number of benzene rings is 1. The van der Waals surface area contributed by atoms with E-state index in [0.29, 0.717) is 0 Å². The van der Waals surface area contributed by atoms with Gasteiger partial charge in [0, 0.05) is 0 Å². The Balaban J connectivity index is 3.28. The van der Waals surface area contributed by atoms with Crippen LogP contribution in [-0.4, -0.2) is 22.1 Å². The van der Waals surface area contributed by atoms with Crippen LogP contribution < -0.4 is 11.5 Å². The lowest BCUT2D eigenvalue weighted by molar-refractivity contribution is 0.0694. The topological polar surface area (TPSA) is 122 Å². The van der Waals surface area contributed by atoms with Gasteiger partial charge in [-0.3, -0.25) is 0 Å². The van der Waals surface area contributed by atoms with E-state index in [9.17, 15) is 9.90 Å². The van der Waals surface area contributed by atoms with Crippen molar-refractivity contribution in [3.63, 3.8) is 0 Å². The number of para-hydroxylation sites is 1. The number of carboxylic acid groups (broad SMARTS) is 1. The zero-order chi connectivity index (χ0) is 10.7. The lowest BCUT2D eigenvalue weighted by atomic mass is 10.2. The van der Waals surface area contributed by atoms with E-state index in [2.05, 4.69) is 4.99 Å². The fraction of sp³-hybridized carbons (Fsp3) is 0. The zero-order valence-electron chi connectivity index (χ0n) is 7.14. The minimum absolute atomic E-state index is 0.0323. The number of aromatic carboxylic acids is 1. The molecule has 0 unspecified atom stereocenters. The fourth-order valence-electron chi connectivity index (χ4n) is 0.933. The van der Waals surface area contributed by atoms with Gasteiger partial charge >= 0.3 is 5.97 Å². The van der Waals surface area contributed by atoms with E-state index < -0.39 is 11.7 Å². The summed E-state index contributed by atoms with van der Waals surface area (Å²) in [5.74, 6) is -1.94. The smallest absolute Gasteiger partial charge is 0.339 e. The minimum atomic E-state index is -1.24. The van der Waals surface area contributed by atoms with Crippen LogP contribution in [0, 0.1) is 0 Å². The van der Waals surface area contributed by atoms with Gasteiger partial charge in [0.15, 0.2) is 11.7 Å². The molecule has 0 radical (unpaired) electrons. The van der Waals surface area contributed by atoms with Crippen molar-refractivity contribution in [2.45, 2.75) is 0 Å². The summed E-state index contributed by atoms with van der Waals surface area (Å²) in [7, 11) is 0. The van der Waals surface area contributed by atoms with E-state index in [1.54, 1.807) is 0 Å². The molecule has 0 aliphatic carbocycles. The molecule has 0 aliphatic heterocycles. The molecular formula is C8H9N3O3. The molecule has 0 heterocycles. The summed E-state index contributed by atoms with van der Waals surface area (Å²) in [5, 5.41) is 18.1. The molecular weight excluding hydrogens is 186 g/mol. The number of aliphatic imine (C=N–C) groups is 1. The van der Waals surface area contributed by atoms with Crippen LogP contribution in [0.4, 0.5) is 5.69 Å². The Bertz CT molecular complexity index is 397. The van der Waals surface area contributed by atoms with Crippen LogP contribution in [0.3, 0.4) is 0 Å². The molecule has 0 saturated carbocycles. The molecule has 1 aromatic carbocycles. The van der Waals surface area contributed by atoms with Gasteiger partial charge in [-0.1, -0.05) is 6.07 Å². The molecule has 1 rings (SSSR count). The standard InChI is InChI=1S/C8H9N3O3/c9-8(10)11-5-3-1-2-4(6(5)12)7(13)14/h1-3,12H,(H,13,14)(H4,9,10,11). The summed E-state index contributed by atoms with van der Waals surface area (Å²) >= 11 is 0. The molecule has 1 aromatic rings. The first-order chi connectivity index (χ1) is 6.52. The molecule has 0 fully saturated rings. The number of nitrogens with two attached hydrogens (primary N) is 2. The SMILES string of the molecule is NC(N)=Nc1cccc(C(=O)O)c1O. The number of rotatable bonds is 2. The van der Waals surface area contributed by atoms with Crippen LogP contribution in [-0.2, 0) is 0 Å². The van der Waals surface area contributed by atoms with Gasteiger partial charge in [-0.05, 0) is 12.1 Å². The van der Waals surface area contributed by atoms with Crippen molar-refractivity contribution in [3.8, 4) is 5.75 Å². The van der Waals surface area contributed by atoms with Crippen molar-refractivity contribution in [3.05, 3.63) is 23.8 Å². The highest BCUT2D eigenvalue weighted by Gasteiger charge is 2.12. The molecule has 74 valence electrons. The Morgan fingerprint density at radius 1 is 1.36 bits per heavy atom. The largest absolute Gasteiger partial charge is 0.505 e. The molecule has 0 amide bonds. The summed E-state index contributed by atoms with van der Waals surface area (Å²) in [6.07, 6.45) is 0. The average Bonchev–Trinajstić information content (AvgIpc) is 2.07. The molecule has 0 bridgehead atoms. The lowest BCUT2D eigenvalue weighted by Crippen LogP contribution is -2.21. The van der Waals surface area contributed by atoms with Crippen LogP contribution in [0.25, 0.3) is 0 Å². The fourth-order valence-corrected chi connectivity index (χ4v) is 0.933. The predicted molar refractivity (Wildman–Crippen MR) is 50.5 cm³/mol. The highest BCUT2D eigenvalue weighted by Crippen LogP contribution is 2.29. The first-order valence-electron chi connectivity index (χ1n) is 3.67. The summed E-state index contributed by atoms with van der Waals surface area (Å²) in [6, 6.07) is 4.09. The number of aromatic hydroxyl groups is 1. The third-order valence-electron chi connectivity index (χ3n) is 1.49. The minimum Gasteiger partial charge on any atom is -0.505 e. The van der Waals surface area contributed by atoms with Crippen molar-refractivity contribution < 1.29 is 15.0 Å². The van der Waals surface area contributed by atoms with Crippen molar-refractivity contribution in [2.75, 3.05) is 0 Å². The molecule has 6 nitrogen and oxygen atoms in total. The Kier molecular flexibility index (Phi) is 2.57. The maximum atomic E-state index is 10.6. The van der Waals surface area contributed by atoms with Gasteiger partial charge in [0.2, 0.25) is 0 Å². The molecule has 6 heteroatoms. The number of carbonyl (C=O) groups is 1. The van der Waals surface area contributed by atoms with Gasteiger partial charge in [0.05, 0.1) is 0 Å². The van der Waals surface area contributed by atoms with Crippen LogP contribution in [0.1, 0.15) is 10.4 Å². The molecule has 6 N–H and O–H groups in total. The average molecular weight is 195 g/mol. The number of guanidine groups is 1. The van der Waals surface area contributed by atoms with Crippen molar-refractivity contribution >= 4 is 17.6 Å². The van der Waals surface area contributed by atoms with Crippen LogP contribution >= 0.6 is 0 Å². The third kappa shape index (κ3) is 1.92. The molecule has 0 saturated heterocycles. The Morgan fingerprint density at radius 2 is 2.00 bits per heavy atom. The normalized spacial score (nSPS) is 9.43. The van der Waals surface area contributed by atoms with Crippen LogP contribution in [0.2, 0.25) is 0 Å². The number of nitrogens with zero attached hydrogens (tertiary/aromatic N) is 1. The van der Waals surface area contributed by atoms with E-state index in [4.69, 9.17) is 16.6 Å². The van der Waals surface area contributed by atoms with Gasteiger partial charge in [-0.15, -0.1) is 0 Å². The molecule has 0 spiro atoms. The number of carboxylic acids is 1. The monoisotopic (exact) mass is 195 g/mol. The Hall–Kier alpha value is -2.24. The van der Waals surface area contributed by atoms with Crippen molar-refractivity contribution in [1.82, 2.24) is 0 Å². The lowest BCUT2D eigenvalue weighted by Gasteiger charge is -2.02. The van der Waals surface area contributed by atoms with E-state index >= 15 is 0 Å². The number of hydrogen-bond acceptors (Lipinski definition) is 3. The van der Waals surface area contributed by atoms with Gasteiger partial charge in [0.25, 0.3) is 0 Å². The molecule has 0 atom stereocenters. The zero-order valence-corrected chi connectivity index (χ0v) is 7.14. The van der Waals surface area contributed by atoms with Gasteiger partial charge in [0.1, 0.15) is 11.3 Å². The molecule has 0 aromatic heterocycles. The maximum Gasteiger partial charge on any atom is 0.339 e. The second-order valence-corrected chi connectivity index (χ2v) is 2.52. The number of hydrogen-bond donors (Lipinski definition) is 4. The summed E-state index contributed by atoms with van der Waals surface area (Å²) < 4.78 is 0. The van der Waals surface area contributed by atoms with Gasteiger partial charge < -0.3 is 21.7 Å². The van der Waals surface area contributed by atoms with Gasteiger partial charge in [-0.25, -0.2) is 9.79 Å². The van der Waals surface area contributed by atoms with E-state index in [0.717, 1.165) is 0 Å². The van der Waals surface area contributed by atoms with E-state index in [1.165, 1.54) is 18.2 Å². The Morgan fingerprint density at radius 3 is 2.50 bits per heavy atom. The van der Waals surface area contributed by atoms with Crippen LogP contribution in [0.15, 0.2) is 23.2 Å². The summed E-state index contributed by atoms with van der Waals surface area (Å²) in [5.41, 5.74) is 9.97.